The topological polar surface area (TPSA) is 35.9 Å². The first kappa shape index (κ1) is 14.3. The molecule has 116 valence electrons. The van der Waals surface area contributed by atoms with Crippen LogP contribution in [0.5, 0.6) is 0 Å². The van der Waals surface area contributed by atoms with Crippen LogP contribution < -0.4 is 5.01 Å². The molecule has 1 unspecified atom stereocenters. The molecule has 1 saturated heterocycles. The van der Waals surface area contributed by atoms with E-state index in [2.05, 4.69) is 5.10 Å². The highest BCUT2D eigenvalue weighted by atomic mass is 35.5. The molecule has 5 heteroatoms. The highest BCUT2D eigenvalue weighted by molar-refractivity contribution is 6.42. The van der Waals surface area contributed by atoms with Gasteiger partial charge in [-0.25, -0.2) is 0 Å². The summed E-state index contributed by atoms with van der Waals surface area (Å²) in [5, 5.41) is 7.14. The molecular formula is C18H16ClN3O. The van der Waals surface area contributed by atoms with Crippen LogP contribution in [0.25, 0.3) is 0 Å². The smallest absolute Gasteiger partial charge is 0.270 e. The van der Waals surface area contributed by atoms with Crippen LogP contribution >= 0.6 is 11.6 Å². The zero-order valence-electron chi connectivity index (χ0n) is 12.5. The number of rotatable bonds is 3. The number of hydrogen-bond acceptors (Lipinski definition) is 3. The van der Waals surface area contributed by atoms with E-state index in [0.29, 0.717) is 17.3 Å². The zero-order chi connectivity index (χ0) is 15.8. The lowest BCUT2D eigenvalue weighted by molar-refractivity contribution is -0.123. The van der Waals surface area contributed by atoms with Gasteiger partial charge in [0.15, 0.2) is 0 Å². The maximum absolute atomic E-state index is 12.6. The van der Waals surface area contributed by atoms with Crippen molar-refractivity contribution in [1.82, 2.24) is 4.90 Å². The van der Waals surface area contributed by atoms with Crippen molar-refractivity contribution in [3.8, 4) is 0 Å². The number of amides is 1. The number of anilines is 1. The van der Waals surface area contributed by atoms with E-state index in [0.717, 1.165) is 24.3 Å². The van der Waals surface area contributed by atoms with Crippen LogP contribution in [-0.4, -0.2) is 29.6 Å². The van der Waals surface area contributed by atoms with Gasteiger partial charge in [0.25, 0.3) is 5.91 Å². The number of likely N-dealkylation sites (tertiary alicyclic amines) is 1. The van der Waals surface area contributed by atoms with Gasteiger partial charge in [-0.1, -0.05) is 41.9 Å². The highest BCUT2D eigenvalue weighted by Crippen LogP contribution is 2.29. The minimum absolute atomic E-state index is 0.0512. The lowest BCUT2D eigenvalue weighted by atomic mass is 10.1. The van der Waals surface area contributed by atoms with Gasteiger partial charge < -0.3 is 4.90 Å². The molecule has 1 fully saturated rings. The number of fused-ring (bicyclic) bond motifs is 1. The average Bonchev–Trinajstić information content (AvgIpc) is 3.10. The quantitative estimate of drug-likeness (QED) is 0.869. The summed E-state index contributed by atoms with van der Waals surface area (Å²) < 4.78 is 0. The number of carbonyl (C=O) groups excluding carboxylic acids is 1. The van der Waals surface area contributed by atoms with Crippen LogP contribution in [0.4, 0.5) is 5.69 Å². The summed E-state index contributed by atoms with van der Waals surface area (Å²) in [4.78, 5) is 14.5. The van der Waals surface area contributed by atoms with Crippen molar-refractivity contribution >= 4 is 28.9 Å². The molecule has 2 aliphatic heterocycles. The number of carbonyl (C=O) groups is 1. The number of hydrazone groups is 1. The molecule has 2 aromatic carbocycles. The normalized spacial score (nSPS) is 20.0. The summed E-state index contributed by atoms with van der Waals surface area (Å²) in [5.41, 5.74) is 2.80. The van der Waals surface area contributed by atoms with Crippen molar-refractivity contribution in [3.05, 3.63) is 65.2 Å². The van der Waals surface area contributed by atoms with Crippen LogP contribution in [0.2, 0.25) is 5.02 Å². The van der Waals surface area contributed by atoms with Crippen molar-refractivity contribution in [2.24, 2.45) is 11.0 Å². The van der Waals surface area contributed by atoms with E-state index >= 15 is 0 Å². The summed E-state index contributed by atoms with van der Waals surface area (Å²) in [6.45, 7) is 2.13. The molecule has 0 bridgehead atoms. The van der Waals surface area contributed by atoms with Gasteiger partial charge >= 0.3 is 0 Å². The summed E-state index contributed by atoms with van der Waals surface area (Å²) in [7, 11) is 0. The van der Waals surface area contributed by atoms with Gasteiger partial charge in [-0.3, -0.25) is 9.80 Å². The number of halogens is 1. The van der Waals surface area contributed by atoms with Gasteiger partial charge in [-0.2, -0.15) is 5.10 Å². The average molecular weight is 326 g/mol. The van der Waals surface area contributed by atoms with Gasteiger partial charge in [-0.05, 0) is 29.8 Å². The van der Waals surface area contributed by atoms with Crippen LogP contribution in [0.1, 0.15) is 5.56 Å². The molecule has 0 aromatic heterocycles. The van der Waals surface area contributed by atoms with Gasteiger partial charge in [0, 0.05) is 24.0 Å². The van der Waals surface area contributed by atoms with Crippen molar-refractivity contribution in [1.29, 1.82) is 0 Å². The molecular weight excluding hydrogens is 310 g/mol. The van der Waals surface area contributed by atoms with Crippen molar-refractivity contribution < 1.29 is 4.79 Å². The van der Waals surface area contributed by atoms with Crippen molar-refractivity contribution in [2.75, 3.05) is 18.1 Å². The number of nitrogens with zero attached hydrogens (tertiary/aromatic N) is 3. The Balaban J connectivity index is 1.50. The Morgan fingerprint density at radius 1 is 1.04 bits per heavy atom. The maximum Gasteiger partial charge on any atom is 0.270 e. The van der Waals surface area contributed by atoms with E-state index in [1.54, 1.807) is 0 Å². The number of benzene rings is 2. The molecule has 2 aromatic rings. The molecule has 0 N–H and O–H groups in total. The molecule has 23 heavy (non-hydrogen) atoms. The third-order valence-electron chi connectivity index (χ3n) is 4.30. The van der Waals surface area contributed by atoms with E-state index in [1.165, 1.54) is 0 Å². The van der Waals surface area contributed by atoms with Gasteiger partial charge in [0.05, 0.1) is 12.2 Å². The Bertz CT molecular complexity index is 758. The molecule has 2 aliphatic rings. The van der Waals surface area contributed by atoms with E-state index < -0.39 is 0 Å². The monoisotopic (exact) mass is 325 g/mol. The SMILES string of the molecule is O=C1C2=NN(c3ccc(Cl)cc3)CC2CN1Cc1ccccc1. The van der Waals surface area contributed by atoms with Crippen LogP contribution in [0.3, 0.4) is 0 Å². The largest absolute Gasteiger partial charge is 0.332 e. The van der Waals surface area contributed by atoms with E-state index in [9.17, 15) is 4.79 Å². The fourth-order valence-corrected chi connectivity index (χ4v) is 3.26. The molecule has 2 heterocycles. The lowest BCUT2D eigenvalue weighted by Crippen LogP contribution is -2.28. The highest BCUT2D eigenvalue weighted by Gasteiger charge is 2.42. The first-order chi connectivity index (χ1) is 11.2. The Morgan fingerprint density at radius 3 is 2.48 bits per heavy atom. The first-order valence-electron chi connectivity index (χ1n) is 7.65. The Labute approximate surface area is 140 Å². The second kappa shape index (κ2) is 5.70. The third kappa shape index (κ3) is 2.70. The Kier molecular flexibility index (Phi) is 3.54. The van der Waals surface area contributed by atoms with Crippen LogP contribution in [0.15, 0.2) is 59.7 Å². The van der Waals surface area contributed by atoms with Crippen LogP contribution in [-0.2, 0) is 11.3 Å². The Hall–Kier alpha value is -2.33. The van der Waals surface area contributed by atoms with E-state index in [4.69, 9.17) is 11.6 Å². The summed E-state index contributed by atoms with van der Waals surface area (Å²) in [6.07, 6.45) is 0. The fraction of sp³-hybridized carbons (Fsp3) is 0.222. The van der Waals surface area contributed by atoms with Crippen molar-refractivity contribution in [3.63, 3.8) is 0 Å². The van der Waals surface area contributed by atoms with Crippen LogP contribution in [0, 0.1) is 5.92 Å². The molecule has 0 aliphatic carbocycles. The fourth-order valence-electron chi connectivity index (χ4n) is 3.14. The minimum Gasteiger partial charge on any atom is -0.332 e. The minimum atomic E-state index is 0.0512. The Morgan fingerprint density at radius 2 is 1.78 bits per heavy atom. The second-order valence-corrected chi connectivity index (χ2v) is 6.35. The third-order valence-corrected chi connectivity index (χ3v) is 4.55. The van der Waals surface area contributed by atoms with Gasteiger partial charge in [-0.15, -0.1) is 0 Å². The van der Waals surface area contributed by atoms with E-state index in [-0.39, 0.29) is 11.8 Å². The van der Waals surface area contributed by atoms with Gasteiger partial charge in [0.2, 0.25) is 0 Å². The summed E-state index contributed by atoms with van der Waals surface area (Å²) in [5.74, 6) is 0.234. The molecule has 4 rings (SSSR count). The molecule has 0 radical (unpaired) electrons. The molecule has 0 saturated carbocycles. The van der Waals surface area contributed by atoms with Crippen molar-refractivity contribution in [2.45, 2.75) is 6.54 Å². The standard InChI is InChI=1S/C18H16ClN3O/c19-15-6-8-16(9-7-15)22-12-14-11-21(18(23)17(14)20-22)10-13-4-2-1-3-5-13/h1-9,14H,10-12H2. The number of hydrogen-bond donors (Lipinski definition) is 0. The zero-order valence-corrected chi connectivity index (χ0v) is 13.3. The predicted molar refractivity (Wildman–Crippen MR) is 91.6 cm³/mol. The van der Waals surface area contributed by atoms with Gasteiger partial charge in [0.1, 0.15) is 5.71 Å². The summed E-state index contributed by atoms with van der Waals surface area (Å²) >= 11 is 5.92. The lowest BCUT2D eigenvalue weighted by Gasteiger charge is -2.20. The second-order valence-electron chi connectivity index (χ2n) is 5.91. The summed E-state index contributed by atoms with van der Waals surface area (Å²) in [6, 6.07) is 17.6. The first-order valence-corrected chi connectivity index (χ1v) is 8.03. The molecule has 1 atom stereocenters. The molecule has 1 amide bonds. The molecule has 0 spiro atoms. The van der Waals surface area contributed by atoms with E-state index in [1.807, 2.05) is 64.5 Å². The predicted octanol–water partition coefficient (Wildman–Crippen LogP) is 3.17. The maximum atomic E-state index is 12.6. The molecule has 4 nitrogen and oxygen atoms in total.